The van der Waals surface area contributed by atoms with Gasteiger partial charge in [-0.05, 0) is 31.5 Å². The molecule has 1 aromatic heterocycles. The fourth-order valence-corrected chi connectivity index (χ4v) is 2.95. The van der Waals surface area contributed by atoms with E-state index in [9.17, 15) is 0 Å². The molecule has 0 fully saturated rings. The Morgan fingerprint density at radius 3 is 2.39 bits per heavy atom. The van der Waals surface area contributed by atoms with E-state index in [0.717, 1.165) is 26.9 Å². The molecule has 0 saturated heterocycles. The number of nitrogens with zero attached hydrogens (tertiary/aromatic N) is 1. The van der Waals surface area contributed by atoms with Gasteiger partial charge in [-0.2, -0.15) is 0 Å². The van der Waals surface area contributed by atoms with Crippen LogP contribution in [0.2, 0.25) is 0 Å². The van der Waals surface area contributed by atoms with Gasteiger partial charge < -0.3 is 4.74 Å². The van der Waals surface area contributed by atoms with E-state index in [0.29, 0.717) is 0 Å². The van der Waals surface area contributed by atoms with Crippen LogP contribution in [-0.2, 0) is 0 Å². The molecule has 1 unspecified atom stereocenters. The third kappa shape index (κ3) is 2.53. The molecule has 0 bridgehead atoms. The van der Waals surface area contributed by atoms with Crippen molar-refractivity contribution in [1.29, 1.82) is 0 Å². The zero-order valence-corrected chi connectivity index (χ0v) is 11.5. The van der Waals surface area contributed by atoms with Gasteiger partial charge in [-0.25, -0.2) is 10.4 Å². The molecule has 4 nitrogen and oxygen atoms in total. The van der Waals surface area contributed by atoms with Crippen molar-refractivity contribution in [1.82, 2.24) is 10.4 Å². The standard InChI is InChI=1S/C13H17N3OS/c1-8-13(18-9(2)15-8)12(16-14)10-4-6-11(17-3)7-5-10/h4-7,12,16H,14H2,1-3H3. The highest BCUT2D eigenvalue weighted by Gasteiger charge is 2.18. The van der Waals surface area contributed by atoms with Gasteiger partial charge in [-0.3, -0.25) is 5.84 Å². The van der Waals surface area contributed by atoms with E-state index in [-0.39, 0.29) is 6.04 Å². The number of benzene rings is 1. The summed E-state index contributed by atoms with van der Waals surface area (Å²) in [5.74, 6) is 6.52. The molecule has 3 N–H and O–H groups in total. The summed E-state index contributed by atoms with van der Waals surface area (Å²) in [5.41, 5.74) is 4.98. The van der Waals surface area contributed by atoms with E-state index in [4.69, 9.17) is 10.6 Å². The monoisotopic (exact) mass is 263 g/mol. The lowest BCUT2D eigenvalue weighted by atomic mass is 10.1. The lowest BCUT2D eigenvalue weighted by Crippen LogP contribution is -2.28. The SMILES string of the molecule is COc1ccc(C(NN)c2sc(C)nc2C)cc1. The minimum absolute atomic E-state index is 0.0258. The first-order chi connectivity index (χ1) is 8.65. The van der Waals surface area contributed by atoms with E-state index in [1.54, 1.807) is 18.4 Å². The molecule has 0 spiro atoms. The first kappa shape index (κ1) is 13.0. The summed E-state index contributed by atoms with van der Waals surface area (Å²) in [5, 5.41) is 1.05. The van der Waals surface area contributed by atoms with E-state index < -0.39 is 0 Å². The normalized spacial score (nSPS) is 12.4. The quantitative estimate of drug-likeness (QED) is 0.656. The van der Waals surface area contributed by atoms with Gasteiger partial charge in [0, 0.05) is 0 Å². The van der Waals surface area contributed by atoms with Gasteiger partial charge in [0.15, 0.2) is 0 Å². The average molecular weight is 263 g/mol. The lowest BCUT2D eigenvalue weighted by Gasteiger charge is -2.15. The average Bonchev–Trinajstić information content (AvgIpc) is 2.70. The van der Waals surface area contributed by atoms with Gasteiger partial charge in [-0.15, -0.1) is 11.3 Å². The number of nitrogens with two attached hydrogens (primary N) is 1. The molecule has 0 aliphatic heterocycles. The maximum Gasteiger partial charge on any atom is 0.118 e. The number of hydrogen-bond donors (Lipinski definition) is 2. The number of rotatable bonds is 4. The third-order valence-corrected chi connectivity index (χ3v) is 3.96. The van der Waals surface area contributed by atoms with E-state index in [2.05, 4.69) is 10.4 Å². The molecule has 0 aliphatic rings. The Labute approximate surface area is 111 Å². The van der Waals surface area contributed by atoms with Crippen LogP contribution < -0.4 is 16.0 Å². The van der Waals surface area contributed by atoms with Crippen LogP contribution in [0.5, 0.6) is 5.75 Å². The second-order valence-corrected chi connectivity index (χ2v) is 5.29. The maximum atomic E-state index is 5.68. The van der Waals surface area contributed by atoms with Crippen LogP contribution in [0.25, 0.3) is 0 Å². The van der Waals surface area contributed by atoms with E-state index >= 15 is 0 Å². The molecule has 2 rings (SSSR count). The van der Waals surface area contributed by atoms with Crippen molar-refractivity contribution in [3.8, 4) is 5.75 Å². The second-order valence-electron chi connectivity index (χ2n) is 4.06. The zero-order chi connectivity index (χ0) is 13.1. The highest BCUT2D eigenvalue weighted by atomic mass is 32.1. The lowest BCUT2D eigenvalue weighted by molar-refractivity contribution is 0.414. The van der Waals surface area contributed by atoms with Crippen LogP contribution in [0.4, 0.5) is 0 Å². The summed E-state index contributed by atoms with van der Waals surface area (Å²) in [4.78, 5) is 5.59. The largest absolute Gasteiger partial charge is 0.497 e. The Morgan fingerprint density at radius 2 is 1.94 bits per heavy atom. The van der Waals surface area contributed by atoms with Gasteiger partial charge in [-0.1, -0.05) is 12.1 Å². The Hall–Kier alpha value is -1.43. The Balaban J connectivity index is 2.35. The molecule has 2 aromatic rings. The number of hydrogen-bond acceptors (Lipinski definition) is 5. The second kappa shape index (κ2) is 5.48. The van der Waals surface area contributed by atoms with Gasteiger partial charge in [0.2, 0.25) is 0 Å². The Bertz CT molecular complexity index is 522. The van der Waals surface area contributed by atoms with E-state index in [1.807, 2.05) is 38.1 Å². The van der Waals surface area contributed by atoms with Gasteiger partial charge >= 0.3 is 0 Å². The van der Waals surface area contributed by atoms with E-state index in [1.165, 1.54) is 0 Å². The highest BCUT2D eigenvalue weighted by molar-refractivity contribution is 7.11. The molecule has 0 saturated carbocycles. The molecular formula is C13H17N3OS. The van der Waals surface area contributed by atoms with Crippen molar-refractivity contribution in [2.45, 2.75) is 19.9 Å². The highest BCUT2D eigenvalue weighted by Crippen LogP contribution is 2.30. The van der Waals surface area contributed by atoms with Crippen LogP contribution in [-0.4, -0.2) is 12.1 Å². The molecule has 0 radical (unpaired) electrons. The van der Waals surface area contributed by atoms with Crippen LogP contribution >= 0.6 is 11.3 Å². The smallest absolute Gasteiger partial charge is 0.118 e. The molecule has 1 atom stereocenters. The maximum absolute atomic E-state index is 5.68. The summed E-state index contributed by atoms with van der Waals surface area (Å²) in [7, 11) is 1.66. The number of aromatic nitrogens is 1. The number of aryl methyl sites for hydroxylation is 2. The minimum Gasteiger partial charge on any atom is -0.497 e. The molecule has 5 heteroatoms. The molecule has 18 heavy (non-hydrogen) atoms. The first-order valence-electron chi connectivity index (χ1n) is 5.69. The number of ether oxygens (including phenoxy) is 1. The number of hydrazine groups is 1. The molecule has 0 amide bonds. The topological polar surface area (TPSA) is 60.2 Å². The molecule has 1 heterocycles. The van der Waals surface area contributed by atoms with Crippen LogP contribution in [0, 0.1) is 13.8 Å². The van der Waals surface area contributed by atoms with Crippen LogP contribution in [0.3, 0.4) is 0 Å². The fourth-order valence-electron chi connectivity index (χ4n) is 1.93. The zero-order valence-electron chi connectivity index (χ0n) is 10.7. The fraction of sp³-hybridized carbons (Fsp3) is 0.308. The number of methoxy groups -OCH3 is 1. The van der Waals surface area contributed by atoms with Crippen molar-refractivity contribution in [2.24, 2.45) is 5.84 Å². The van der Waals surface area contributed by atoms with Crippen molar-refractivity contribution < 1.29 is 4.74 Å². The first-order valence-corrected chi connectivity index (χ1v) is 6.51. The Morgan fingerprint density at radius 1 is 1.28 bits per heavy atom. The van der Waals surface area contributed by atoms with Gasteiger partial charge in [0.25, 0.3) is 0 Å². The number of nitrogens with one attached hydrogen (secondary N) is 1. The number of thiazole rings is 1. The summed E-state index contributed by atoms with van der Waals surface area (Å²) >= 11 is 1.67. The van der Waals surface area contributed by atoms with Crippen molar-refractivity contribution >= 4 is 11.3 Å². The van der Waals surface area contributed by atoms with Crippen molar-refractivity contribution in [3.05, 3.63) is 45.4 Å². The van der Waals surface area contributed by atoms with Crippen molar-refractivity contribution in [2.75, 3.05) is 7.11 Å². The summed E-state index contributed by atoms with van der Waals surface area (Å²) in [6.07, 6.45) is 0. The molecule has 0 aliphatic carbocycles. The summed E-state index contributed by atoms with van der Waals surface area (Å²) in [6.45, 7) is 4.01. The van der Waals surface area contributed by atoms with Crippen molar-refractivity contribution in [3.63, 3.8) is 0 Å². The van der Waals surface area contributed by atoms with Gasteiger partial charge in [0.05, 0.1) is 28.7 Å². The predicted molar refractivity (Wildman–Crippen MR) is 73.7 cm³/mol. The molecular weight excluding hydrogens is 246 g/mol. The van der Waals surface area contributed by atoms with Gasteiger partial charge in [0.1, 0.15) is 5.75 Å². The summed E-state index contributed by atoms with van der Waals surface area (Å²) < 4.78 is 5.15. The minimum atomic E-state index is -0.0258. The predicted octanol–water partition coefficient (Wildman–Crippen LogP) is 2.32. The van der Waals surface area contributed by atoms with Crippen LogP contribution in [0.1, 0.15) is 27.2 Å². The van der Waals surface area contributed by atoms with Crippen LogP contribution in [0.15, 0.2) is 24.3 Å². The summed E-state index contributed by atoms with van der Waals surface area (Å²) in [6, 6.07) is 7.86. The Kier molecular flexibility index (Phi) is 3.96. The molecule has 96 valence electrons. The third-order valence-electron chi connectivity index (χ3n) is 2.82. The molecule has 1 aromatic carbocycles.